The number of carbonyl (C=O) groups excluding carboxylic acids is 1. The minimum Gasteiger partial charge on any atom is -0.322 e. The Morgan fingerprint density at radius 1 is 1.37 bits per heavy atom. The van der Waals surface area contributed by atoms with Crippen LogP contribution in [0, 0.1) is 22.9 Å². The van der Waals surface area contributed by atoms with E-state index < -0.39 is 16.9 Å². The van der Waals surface area contributed by atoms with Crippen LogP contribution in [0.3, 0.4) is 0 Å². The molecule has 0 saturated heterocycles. The van der Waals surface area contributed by atoms with Crippen LogP contribution >= 0.6 is 0 Å². The summed E-state index contributed by atoms with van der Waals surface area (Å²) in [4.78, 5) is 22.7. The van der Waals surface area contributed by atoms with Gasteiger partial charge in [-0.05, 0) is 19.9 Å². The molecule has 1 unspecified atom stereocenters. The number of halogens is 1. The summed E-state index contributed by atoms with van der Waals surface area (Å²) in [6.07, 6.45) is 4.25. The maximum atomic E-state index is 13.7. The van der Waals surface area contributed by atoms with Crippen LogP contribution in [-0.2, 0) is 11.3 Å². The van der Waals surface area contributed by atoms with Gasteiger partial charge in [0, 0.05) is 11.8 Å². The van der Waals surface area contributed by atoms with E-state index in [1.54, 1.807) is 31.3 Å². The third-order valence-corrected chi connectivity index (χ3v) is 4.05. The molecule has 3 rings (SSSR count). The van der Waals surface area contributed by atoms with Crippen LogP contribution in [0.15, 0.2) is 42.9 Å². The van der Waals surface area contributed by atoms with Crippen LogP contribution in [0.1, 0.15) is 24.2 Å². The summed E-state index contributed by atoms with van der Waals surface area (Å²) in [5, 5.41) is 21.7. The molecule has 1 amide bonds. The number of amides is 1. The van der Waals surface area contributed by atoms with Gasteiger partial charge in [0.1, 0.15) is 23.7 Å². The molecule has 0 bridgehead atoms. The van der Waals surface area contributed by atoms with Crippen molar-refractivity contribution in [2.45, 2.75) is 26.4 Å². The number of benzene rings is 1. The summed E-state index contributed by atoms with van der Waals surface area (Å²) in [6.45, 7) is 3.31. The average molecular weight is 372 g/mol. The Labute approximate surface area is 153 Å². The van der Waals surface area contributed by atoms with E-state index in [-0.39, 0.29) is 23.7 Å². The minimum atomic E-state index is -0.757. The first-order valence-corrected chi connectivity index (χ1v) is 8.12. The average Bonchev–Trinajstić information content (AvgIpc) is 3.22. The third kappa shape index (κ3) is 4.00. The van der Waals surface area contributed by atoms with Gasteiger partial charge in [0.15, 0.2) is 0 Å². The highest BCUT2D eigenvalue weighted by molar-refractivity contribution is 5.93. The number of nitro groups is 1. The standard InChI is InChI=1S/C17H17FN6O3/c1-11-16(24(26)27)10-23(21-11)12(2)17(25)20-14-7-19-22(9-14)8-13-5-3-4-6-15(13)18/h3-7,9-10,12H,8H2,1-2H3,(H,20,25). The number of anilines is 1. The molecule has 27 heavy (non-hydrogen) atoms. The fourth-order valence-electron chi connectivity index (χ4n) is 2.53. The maximum absolute atomic E-state index is 13.7. The Kier molecular flexibility index (Phi) is 4.97. The molecule has 0 aliphatic heterocycles. The Morgan fingerprint density at radius 3 is 2.78 bits per heavy atom. The molecule has 0 spiro atoms. The van der Waals surface area contributed by atoms with E-state index in [2.05, 4.69) is 15.5 Å². The first kappa shape index (κ1) is 18.2. The molecule has 140 valence electrons. The zero-order valence-corrected chi connectivity index (χ0v) is 14.7. The van der Waals surface area contributed by atoms with E-state index in [4.69, 9.17) is 0 Å². The summed E-state index contributed by atoms with van der Waals surface area (Å²) < 4.78 is 16.5. The largest absolute Gasteiger partial charge is 0.322 e. The molecule has 0 aliphatic rings. The molecule has 10 heteroatoms. The van der Waals surface area contributed by atoms with Gasteiger partial charge in [0.25, 0.3) is 0 Å². The molecule has 1 aromatic carbocycles. The van der Waals surface area contributed by atoms with Gasteiger partial charge in [-0.1, -0.05) is 18.2 Å². The van der Waals surface area contributed by atoms with Crippen LogP contribution in [-0.4, -0.2) is 30.4 Å². The molecule has 0 fully saturated rings. The van der Waals surface area contributed by atoms with Crippen LogP contribution < -0.4 is 5.32 Å². The van der Waals surface area contributed by atoms with Crippen LogP contribution in [0.25, 0.3) is 0 Å². The highest BCUT2D eigenvalue weighted by Crippen LogP contribution is 2.19. The number of aryl methyl sites for hydroxylation is 1. The van der Waals surface area contributed by atoms with Gasteiger partial charge in [-0.15, -0.1) is 0 Å². The minimum absolute atomic E-state index is 0.146. The van der Waals surface area contributed by atoms with Gasteiger partial charge < -0.3 is 5.32 Å². The number of carbonyl (C=O) groups is 1. The van der Waals surface area contributed by atoms with E-state index in [0.717, 1.165) is 0 Å². The predicted octanol–water partition coefficient (Wildman–Crippen LogP) is 2.68. The number of nitrogens with zero attached hydrogens (tertiary/aromatic N) is 5. The monoisotopic (exact) mass is 372 g/mol. The second-order valence-corrected chi connectivity index (χ2v) is 6.02. The molecule has 0 aliphatic carbocycles. The third-order valence-electron chi connectivity index (χ3n) is 4.05. The first-order chi connectivity index (χ1) is 12.8. The van der Waals surface area contributed by atoms with Crippen molar-refractivity contribution in [1.29, 1.82) is 0 Å². The Bertz CT molecular complexity index is 996. The van der Waals surface area contributed by atoms with Gasteiger partial charge >= 0.3 is 5.69 Å². The maximum Gasteiger partial charge on any atom is 0.309 e. The molecule has 0 saturated carbocycles. The summed E-state index contributed by atoms with van der Waals surface area (Å²) in [7, 11) is 0. The van der Waals surface area contributed by atoms with Crippen molar-refractivity contribution in [2.75, 3.05) is 5.32 Å². The van der Waals surface area contributed by atoms with Gasteiger partial charge in [-0.2, -0.15) is 10.2 Å². The molecular formula is C17H17FN6O3. The molecule has 1 atom stereocenters. The van der Waals surface area contributed by atoms with Gasteiger partial charge in [-0.3, -0.25) is 24.3 Å². The normalized spacial score (nSPS) is 12.0. The summed E-state index contributed by atoms with van der Waals surface area (Å²) in [6, 6.07) is 5.61. The molecular weight excluding hydrogens is 355 g/mol. The lowest BCUT2D eigenvalue weighted by Gasteiger charge is -2.11. The van der Waals surface area contributed by atoms with Crippen molar-refractivity contribution >= 4 is 17.3 Å². The molecule has 2 heterocycles. The SMILES string of the molecule is Cc1nn(C(C)C(=O)Nc2cnn(Cc3ccccc3F)c2)cc1[N+](=O)[O-]. The number of aromatic nitrogens is 4. The van der Waals surface area contributed by atoms with Crippen LogP contribution in [0.4, 0.5) is 15.8 Å². The number of hydrogen-bond donors (Lipinski definition) is 1. The molecule has 2 aromatic heterocycles. The fourth-order valence-corrected chi connectivity index (χ4v) is 2.53. The van der Waals surface area contributed by atoms with Gasteiger partial charge in [0.2, 0.25) is 5.91 Å². The quantitative estimate of drug-likeness (QED) is 0.529. The highest BCUT2D eigenvalue weighted by Gasteiger charge is 2.22. The Morgan fingerprint density at radius 2 is 2.11 bits per heavy atom. The van der Waals surface area contributed by atoms with Gasteiger partial charge in [0.05, 0.1) is 23.4 Å². The second kappa shape index (κ2) is 7.36. The van der Waals surface area contributed by atoms with E-state index in [9.17, 15) is 19.3 Å². The van der Waals surface area contributed by atoms with E-state index >= 15 is 0 Å². The molecule has 0 radical (unpaired) electrons. The molecule has 9 nitrogen and oxygen atoms in total. The zero-order valence-electron chi connectivity index (χ0n) is 14.7. The van der Waals surface area contributed by atoms with Crippen LogP contribution in [0.2, 0.25) is 0 Å². The van der Waals surface area contributed by atoms with E-state index in [0.29, 0.717) is 11.3 Å². The Balaban J connectivity index is 1.68. The Hall–Kier alpha value is -3.56. The second-order valence-electron chi connectivity index (χ2n) is 6.02. The van der Waals surface area contributed by atoms with Crippen molar-refractivity contribution in [3.63, 3.8) is 0 Å². The predicted molar refractivity (Wildman–Crippen MR) is 94.7 cm³/mol. The molecule has 3 aromatic rings. The fraction of sp³-hybridized carbons (Fsp3) is 0.235. The number of hydrogen-bond acceptors (Lipinski definition) is 5. The van der Waals surface area contributed by atoms with Crippen molar-refractivity contribution < 1.29 is 14.1 Å². The topological polar surface area (TPSA) is 108 Å². The van der Waals surface area contributed by atoms with Gasteiger partial charge in [-0.25, -0.2) is 4.39 Å². The summed E-state index contributed by atoms with van der Waals surface area (Å²) in [5.41, 5.74) is 0.998. The first-order valence-electron chi connectivity index (χ1n) is 8.12. The van der Waals surface area contributed by atoms with Crippen LogP contribution in [0.5, 0.6) is 0 Å². The van der Waals surface area contributed by atoms with E-state index in [1.165, 1.54) is 34.7 Å². The van der Waals surface area contributed by atoms with E-state index in [1.807, 2.05) is 0 Å². The summed E-state index contributed by atoms with van der Waals surface area (Å²) in [5.74, 6) is -0.735. The lowest BCUT2D eigenvalue weighted by Crippen LogP contribution is -2.24. The summed E-state index contributed by atoms with van der Waals surface area (Å²) >= 11 is 0. The zero-order chi connectivity index (χ0) is 19.6. The smallest absolute Gasteiger partial charge is 0.309 e. The lowest BCUT2D eigenvalue weighted by molar-refractivity contribution is -0.385. The van der Waals surface area contributed by atoms with Crippen molar-refractivity contribution in [2.24, 2.45) is 0 Å². The van der Waals surface area contributed by atoms with Crippen molar-refractivity contribution in [1.82, 2.24) is 19.6 Å². The molecule has 1 N–H and O–H groups in total. The lowest BCUT2D eigenvalue weighted by atomic mass is 10.2. The number of rotatable bonds is 6. The number of nitrogens with one attached hydrogen (secondary N) is 1. The van der Waals surface area contributed by atoms with Crippen molar-refractivity contribution in [3.8, 4) is 0 Å². The highest BCUT2D eigenvalue weighted by atomic mass is 19.1. The van der Waals surface area contributed by atoms with Crippen molar-refractivity contribution in [3.05, 3.63) is 70.0 Å².